The van der Waals surface area contributed by atoms with E-state index in [1.54, 1.807) is 0 Å². The Kier molecular flexibility index (Phi) is 17.3. The molecule has 0 bridgehead atoms. The van der Waals surface area contributed by atoms with Crippen molar-refractivity contribution in [1.29, 1.82) is 0 Å². The predicted molar refractivity (Wildman–Crippen MR) is 219 cm³/mol. The van der Waals surface area contributed by atoms with E-state index in [4.69, 9.17) is 23.7 Å². The second-order valence-electron chi connectivity index (χ2n) is 16.6. The first-order valence-electron chi connectivity index (χ1n) is 21.1. The first kappa shape index (κ1) is 43.2. The van der Waals surface area contributed by atoms with E-state index in [0.29, 0.717) is 24.9 Å². The number of hydrogen-bond acceptors (Lipinski definition) is 8. The molecule has 0 unspecified atom stereocenters. The molecule has 5 fully saturated rings. The van der Waals surface area contributed by atoms with Crippen molar-refractivity contribution in [2.45, 2.75) is 159 Å². The molecular weight excluding hydrogens is 700 g/mol. The fraction of sp³-hybridized carbons (Fsp3) is 0.733. The summed E-state index contributed by atoms with van der Waals surface area (Å²) in [6.07, 6.45) is 22.9. The van der Waals surface area contributed by atoms with E-state index >= 15 is 0 Å². The lowest BCUT2D eigenvalue weighted by Gasteiger charge is -2.45. The van der Waals surface area contributed by atoms with Gasteiger partial charge in [-0.25, -0.2) is 0 Å². The van der Waals surface area contributed by atoms with E-state index in [-0.39, 0.29) is 37.1 Å². The molecule has 2 atom stereocenters. The van der Waals surface area contributed by atoms with E-state index in [2.05, 4.69) is 58.7 Å². The number of piperidine rings is 2. The van der Waals surface area contributed by atoms with Gasteiger partial charge in [-0.2, -0.15) is 0 Å². The van der Waals surface area contributed by atoms with Crippen LogP contribution in [-0.4, -0.2) is 98.2 Å². The first-order chi connectivity index (χ1) is 25.6. The third-order valence-corrected chi connectivity index (χ3v) is 12.6. The maximum Gasteiger partial charge on any atom is 0.123 e. The van der Waals surface area contributed by atoms with E-state index in [9.17, 15) is 5.11 Å². The van der Waals surface area contributed by atoms with Gasteiger partial charge in [-0.1, -0.05) is 82.3 Å². The molecule has 0 aromatic heterocycles. The van der Waals surface area contributed by atoms with E-state index in [1.165, 1.54) is 75.3 Å². The second-order valence-corrected chi connectivity index (χ2v) is 16.6. The zero-order valence-corrected chi connectivity index (χ0v) is 33.0. The molecule has 2 N–H and O–H groups in total. The van der Waals surface area contributed by atoms with Crippen molar-refractivity contribution in [3.05, 3.63) is 59.7 Å². The summed E-state index contributed by atoms with van der Waals surface area (Å²) in [4.78, 5) is 2.38. The van der Waals surface area contributed by atoms with Crippen molar-refractivity contribution < 1.29 is 28.8 Å². The van der Waals surface area contributed by atoms with Crippen LogP contribution >= 0.6 is 12.4 Å². The maximum atomic E-state index is 10.4. The molecule has 9 heteroatoms. The zero-order chi connectivity index (χ0) is 35.5. The normalized spacial score (nSPS) is 24.9. The third-order valence-electron chi connectivity index (χ3n) is 12.6. The molecule has 54 heavy (non-hydrogen) atoms. The summed E-state index contributed by atoms with van der Waals surface area (Å²) in [7, 11) is 0. The van der Waals surface area contributed by atoms with Gasteiger partial charge >= 0.3 is 0 Å². The highest BCUT2D eigenvalue weighted by Gasteiger charge is 2.40. The van der Waals surface area contributed by atoms with Gasteiger partial charge in [0.1, 0.15) is 28.8 Å². The van der Waals surface area contributed by atoms with E-state index < -0.39 is 0 Å². The van der Waals surface area contributed by atoms with E-state index in [0.717, 1.165) is 109 Å². The molecule has 5 heterocycles. The molecule has 2 aromatic rings. The number of hydrogen-bond donors (Lipinski definition) is 2. The summed E-state index contributed by atoms with van der Waals surface area (Å²) in [5, 5.41) is 13.8. The molecule has 0 amide bonds. The number of rotatable bonds is 8. The number of fused-ring (bicyclic) bond motifs is 2. The number of nitrogens with one attached hydrogen (secondary N) is 1. The molecule has 304 valence electrons. The standard InChI is InChI=1S/C22H33NO3.C13H17NO.C9H16O2.CH4.ClH/c24-19(17-25-20-7-2-1-3-8-20)16-23-14-12-22(13-15-23)11-10-18-6-4-5-9-21(18)26-22;1-2-4-12-11(3-1)5-6-13(15-12)7-9-14-10-8-13;1-2-4-8(5-3-1)10-6-9-7-11-9;;/h4-6,9,19-20,24H,1-3,7-8,10-17H2;1-4,14H,5-10H2;8-9H,1-7H2;1H4;1H/t19-;;9-;;/m0.1../s1. The monoisotopic (exact) mass is 771 g/mol. The molecule has 9 rings (SSSR count). The number of ether oxygens (including phenoxy) is 5. The van der Waals surface area contributed by atoms with Crippen LogP contribution in [-0.2, 0) is 27.1 Å². The highest BCUT2D eigenvalue weighted by atomic mass is 35.5. The average molecular weight is 772 g/mol. The molecule has 5 aliphatic heterocycles. The Bertz CT molecular complexity index is 1350. The summed E-state index contributed by atoms with van der Waals surface area (Å²) in [5.74, 6) is 2.19. The van der Waals surface area contributed by atoms with Gasteiger partial charge in [0.2, 0.25) is 0 Å². The number of aliphatic hydroxyl groups is 1. The molecular formula is C45H71ClN2O6. The second kappa shape index (κ2) is 21.6. The Morgan fingerprint density at radius 3 is 1.74 bits per heavy atom. The minimum absolute atomic E-state index is 0. The van der Waals surface area contributed by atoms with Gasteiger partial charge in [-0.3, -0.25) is 0 Å². The number of epoxide rings is 1. The molecule has 2 aliphatic carbocycles. The maximum absolute atomic E-state index is 10.4. The van der Waals surface area contributed by atoms with Crippen LogP contribution in [0.4, 0.5) is 0 Å². The Morgan fingerprint density at radius 2 is 1.20 bits per heavy atom. The summed E-state index contributed by atoms with van der Waals surface area (Å²) in [6.45, 7) is 7.17. The molecule has 2 saturated carbocycles. The summed E-state index contributed by atoms with van der Waals surface area (Å²) < 4.78 is 29.3. The van der Waals surface area contributed by atoms with Gasteiger partial charge in [0.15, 0.2) is 0 Å². The largest absolute Gasteiger partial charge is 0.487 e. The quantitative estimate of drug-likeness (QED) is 0.259. The highest BCUT2D eigenvalue weighted by Crippen LogP contribution is 2.40. The lowest BCUT2D eigenvalue weighted by molar-refractivity contribution is -0.0511. The Labute approximate surface area is 332 Å². The number of para-hydroxylation sites is 2. The molecule has 7 aliphatic rings. The van der Waals surface area contributed by atoms with Crippen molar-refractivity contribution >= 4 is 12.4 Å². The first-order valence-corrected chi connectivity index (χ1v) is 21.1. The van der Waals surface area contributed by atoms with Crippen molar-refractivity contribution in [2.75, 3.05) is 52.5 Å². The number of β-amino-alcohol motifs (C(OH)–C–C–N with tert-alkyl or cyclic N) is 1. The van der Waals surface area contributed by atoms with Gasteiger partial charge in [0.05, 0.1) is 38.1 Å². The minimum atomic E-state index is -0.376. The van der Waals surface area contributed by atoms with Crippen LogP contribution in [0.3, 0.4) is 0 Å². The van der Waals surface area contributed by atoms with Gasteiger partial charge in [-0.05, 0) is 113 Å². The number of benzene rings is 2. The van der Waals surface area contributed by atoms with Crippen LogP contribution in [0.2, 0.25) is 0 Å². The van der Waals surface area contributed by atoms with Crippen molar-refractivity contribution in [3.8, 4) is 11.5 Å². The van der Waals surface area contributed by atoms with Crippen molar-refractivity contribution in [3.63, 3.8) is 0 Å². The number of aryl methyl sites for hydroxylation is 2. The topological polar surface area (TPSA) is 85.0 Å². The van der Waals surface area contributed by atoms with Gasteiger partial charge < -0.3 is 39.0 Å². The van der Waals surface area contributed by atoms with Crippen molar-refractivity contribution in [1.82, 2.24) is 10.2 Å². The lowest BCUT2D eigenvalue weighted by Crippen LogP contribution is -2.51. The third kappa shape index (κ3) is 12.8. The van der Waals surface area contributed by atoms with Gasteiger partial charge in [-0.15, -0.1) is 12.4 Å². The lowest BCUT2D eigenvalue weighted by atomic mass is 9.83. The summed E-state index contributed by atoms with van der Waals surface area (Å²) >= 11 is 0. The Balaban J connectivity index is 0.000000169. The average Bonchev–Trinajstić information content (AvgIpc) is 4.04. The van der Waals surface area contributed by atoms with Crippen LogP contribution in [0, 0.1) is 0 Å². The van der Waals surface area contributed by atoms with E-state index in [1.807, 2.05) is 0 Å². The fourth-order valence-corrected chi connectivity index (χ4v) is 9.11. The molecule has 2 spiro atoms. The molecule has 2 aromatic carbocycles. The number of aliphatic hydroxyl groups excluding tert-OH is 1. The SMILES string of the molecule is C.C1CCC(OC[C@@H]2CO2)CC1.Cl.O[C@H](COC1CCCCC1)CN1CCC2(CCc3ccccc3O2)CC1.c1ccc2c(c1)CCC1(CCNCC1)O2. The smallest absolute Gasteiger partial charge is 0.123 e. The van der Waals surface area contributed by atoms with Crippen LogP contribution in [0.25, 0.3) is 0 Å². The van der Waals surface area contributed by atoms with Crippen LogP contribution in [0.15, 0.2) is 48.5 Å². The van der Waals surface area contributed by atoms with Crippen LogP contribution in [0.5, 0.6) is 11.5 Å². The minimum Gasteiger partial charge on any atom is -0.487 e. The Morgan fingerprint density at radius 1 is 0.704 bits per heavy atom. The summed E-state index contributed by atoms with van der Waals surface area (Å²) in [6, 6.07) is 16.9. The highest BCUT2D eigenvalue weighted by molar-refractivity contribution is 5.85. The number of nitrogens with zero attached hydrogens (tertiary/aromatic N) is 1. The van der Waals surface area contributed by atoms with Crippen LogP contribution in [0.1, 0.15) is 121 Å². The molecule has 0 radical (unpaired) electrons. The summed E-state index contributed by atoms with van der Waals surface area (Å²) in [5.41, 5.74) is 2.87. The number of likely N-dealkylation sites (tertiary alicyclic amines) is 1. The molecule has 8 nitrogen and oxygen atoms in total. The Hall–Kier alpha value is -1.91. The van der Waals surface area contributed by atoms with Gasteiger partial charge in [0.25, 0.3) is 0 Å². The van der Waals surface area contributed by atoms with Crippen molar-refractivity contribution in [2.24, 2.45) is 0 Å². The zero-order valence-electron chi connectivity index (χ0n) is 32.2. The van der Waals surface area contributed by atoms with Gasteiger partial charge in [0, 0.05) is 19.6 Å². The van der Waals surface area contributed by atoms with Crippen LogP contribution < -0.4 is 14.8 Å². The number of halogens is 1. The fourth-order valence-electron chi connectivity index (χ4n) is 9.11. The predicted octanol–water partition coefficient (Wildman–Crippen LogP) is 8.48. The molecule has 3 saturated heterocycles.